The van der Waals surface area contributed by atoms with Gasteiger partial charge in [0, 0.05) is 38.1 Å². The van der Waals surface area contributed by atoms with Crippen LogP contribution in [0.4, 0.5) is 11.4 Å². The lowest BCUT2D eigenvalue weighted by Gasteiger charge is -2.38. The van der Waals surface area contributed by atoms with Crippen LogP contribution in [0.3, 0.4) is 0 Å². The highest BCUT2D eigenvalue weighted by atomic mass is 28.4. The number of nitrogens with zero attached hydrogens (tertiary/aromatic N) is 4. The van der Waals surface area contributed by atoms with Crippen LogP contribution >= 0.6 is 0 Å². The van der Waals surface area contributed by atoms with Gasteiger partial charge in [-0.1, -0.05) is 71.9 Å². The van der Waals surface area contributed by atoms with Crippen LogP contribution in [0.15, 0.2) is 54.6 Å². The number of ether oxygens (including phenoxy) is 6. The summed E-state index contributed by atoms with van der Waals surface area (Å²) in [4.78, 5) is 80.8. The molecule has 0 N–H and O–H groups in total. The summed E-state index contributed by atoms with van der Waals surface area (Å²) in [6, 6.07) is 11.9. The van der Waals surface area contributed by atoms with Crippen molar-refractivity contribution >= 4 is 51.8 Å². The van der Waals surface area contributed by atoms with E-state index in [1.807, 2.05) is 30.3 Å². The van der Waals surface area contributed by atoms with Gasteiger partial charge in [0.15, 0.2) is 39.6 Å². The Hall–Kier alpha value is -6.11. The number of benzene rings is 3. The molecule has 20 nitrogen and oxygen atoms in total. The molecule has 73 heavy (non-hydrogen) atoms. The summed E-state index contributed by atoms with van der Waals surface area (Å²) >= 11 is 0. The fourth-order valence-electron chi connectivity index (χ4n) is 8.15. The molecule has 22 heteroatoms. The standard InChI is InChI=1S/C51H72N4O16Si2/c1-50(2,3)72(10,11)70-34-24-40(48(58)65-8)52(30-34)46(56)36-26-42(64-7)44(28-38(36)54(60)61)67-22-18-15-19-23-68-45-29-39(55(62)63)37(27-43(45)69-32-33-20-16-14-17-21-33)47(57)53-31-35(25-41(53)49(59)66-9)71-73(12,13)51(4,5)6/h14,16-17,20-21,26-29,34-35,40-41H,15,18-19,22-25,30-32H2,1-13H3/t34-,35-,40+,41+/m1/s1. The van der Waals surface area contributed by atoms with Crippen LogP contribution in [-0.4, -0.2) is 132 Å². The second-order valence-corrected chi connectivity index (χ2v) is 30.9. The molecule has 0 saturated carbocycles. The lowest BCUT2D eigenvalue weighted by Crippen LogP contribution is -2.45. The Balaban J connectivity index is 1.29. The van der Waals surface area contributed by atoms with Gasteiger partial charge in [0.2, 0.25) is 0 Å². The predicted octanol–water partition coefficient (Wildman–Crippen LogP) is 9.27. The highest BCUT2D eigenvalue weighted by Crippen LogP contribution is 2.43. The maximum Gasteiger partial charge on any atom is 0.328 e. The fraction of sp³-hybridized carbons (Fsp3) is 0.569. The van der Waals surface area contributed by atoms with Crippen molar-refractivity contribution in [1.82, 2.24) is 9.80 Å². The molecule has 2 aliphatic rings. The van der Waals surface area contributed by atoms with Crippen molar-refractivity contribution in [2.75, 3.05) is 47.6 Å². The van der Waals surface area contributed by atoms with Gasteiger partial charge in [0.05, 0.1) is 68.7 Å². The van der Waals surface area contributed by atoms with E-state index in [9.17, 15) is 39.4 Å². The maximum atomic E-state index is 14.4. The SMILES string of the molecule is COC(=O)[C@@H]1C[C@@H](O[Si](C)(C)C(C)(C)C)CN1C(=O)c1cc(OC)c(OCCCCCOc2cc([N+](=O)[O-])c(C(=O)N3C[C@H](O[Si](C)(C)C(C)(C)C)C[C@H]3C(=O)OC)cc2OCc2ccccc2)cc1[N+](=O)[O-]. The van der Waals surface area contributed by atoms with Crippen molar-refractivity contribution in [3.63, 3.8) is 0 Å². The molecule has 2 heterocycles. The molecule has 0 spiro atoms. The van der Waals surface area contributed by atoms with Crippen LogP contribution in [0.25, 0.3) is 0 Å². The molecule has 4 atom stereocenters. The minimum Gasteiger partial charge on any atom is -0.493 e. The molecule has 2 aliphatic heterocycles. The minimum absolute atomic E-state index is 0.0190. The lowest BCUT2D eigenvalue weighted by molar-refractivity contribution is -0.385. The summed E-state index contributed by atoms with van der Waals surface area (Å²) in [6.45, 7) is 21.0. The van der Waals surface area contributed by atoms with E-state index in [1.165, 1.54) is 43.3 Å². The summed E-state index contributed by atoms with van der Waals surface area (Å²) in [6.07, 6.45) is 0.735. The van der Waals surface area contributed by atoms with Crippen molar-refractivity contribution in [1.29, 1.82) is 0 Å². The molecule has 0 aliphatic carbocycles. The zero-order chi connectivity index (χ0) is 54.2. The first kappa shape index (κ1) is 57.8. The van der Waals surface area contributed by atoms with E-state index in [4.69, 9.17) is 37.3 Å². The van der Waals surface area contributed by atoms with Gasteiger partial charge in [0.25, 0.3) is 23.2 Å². The molecule has 0 bridgehead atoms. The minimum atomic E-state index is -2.35. The molecule has 0 radical (unpaired) electrons. The Morgan fingerprint density at radius 2 is 1.00 bits per heavy atom. The largest absolute Gasteiger partial charge is 0.493 e. The number of likely N-dealkylation sites (tertiary alicyclic amines) is 2. The topological polar surface area (TPSA) is 235 Å². The summed E-state index contributed by atoms with van der Waals surface area (Å²) in [7, 11) is -0.885. The monoisotopic (exact) mass is 1050 g/mol. The quantitative estimate of drug-likeness (QED) is 0.0300. The maximum absolute atomic E-state index is 14.4. The smallest absolute Gasteiger partial charge is 0.328 e. The van der Waals surface area contributed by atoms with Crippen molar-refractivity contribution in [3.05, 3.63) is 91.5 Å². The Bertz CT molecular complexity index is 2490. The van der Waals surface area contributed by atoms with Crippen molar-refractivity contribution < 1.29 is 66.3 Å². The number of methoxy groups -OCH3 is 3. The first-order chi connectivity index (χ1) is 34.1. The molecule has 0 aromatic heterocycles. The highest BCUT2D eigenvalue weighted by Gasteiger charge is 2.49. The Morgan fingerprint density at radius 1 is 0.603 bits per heavy atom. The number of amides is 2. The van der Waals surface area contributed by atoms with Gasteiger partial charge in [-0.3, -0.25) is 29.8 Å². The van der Waals surface area contributed by atoms with Gasteiger partial charge in [-0.15, -0.1) is 0 Å². The summed E-state index contributed by atoms with van der Waals surface area (Å²) in [5.74, 6) is -2.65. The highest BCUT2D eigenvalue weighted by molar-refractivity contribution is 6.74. The average molecular weight is 1050 g/mol. The Kier molecular flexibility index (Phi) is 18.9. The molecule has 3 aromatic carbocycles. The van der Waals surface area contributed by atoms with Crippen LogP contribution < -0.4 is 18.9 Å². The molecular weight excluding hydrogens is 981 g/mol. The lowest BCUT2D eigenvalue weighted by atomic mass is 10.1. The second-order valence-electron chi connectivity index (χ2n) is 21.3. The van der Waals surface area contributed by atoms with Gasteiger partial charge in [-0.05, 0) is 61.1 Å². The van der Waals surface area contributed by atoms with Crippen LogP contribution in [0.2, 0.25) is 36.3 Å². The molecule has 400 valence electrons. The van der Waals surface area contributed by atoms with Gasteiger partial charge >= 0.3 is 11.9 Å². The van der Waals surface area contributed by atoms with Gasteiger partial charge in [-0.2, -0.15) is 0 Å². The Labute approximate surface area is 429 Å². The van der Waals surface area contributed by atoms with Gasteiger partial charge < -0.3 is 47.1 Å². The van der Waals surface area contributed by atoms with E-state index in [0.29, 0.717) is 19.3 Å². The molecule has 3 aromatic rings. The van der Waals surface area contributed by atoms with E-state index in [-0.39, 0.29) is 90.0 Å². The molecule has 0 unspecified atom stereocenters. The zero-order valence-electron chi connectivity index (χ0n) is 44.4. The number of hydrogen-bond donors (Lipinski definition) is 0. The van der Waals surface area contributed by atoms with Crippen LogP contribution in [0, 0.1) is 20.2 Å². The van der Waals surface area contributed by atoms with E-state index < -0.39 is 85.9 Å². The molecule has 5 rings (SSSR count). The van der Waals surface area contributed by atoms with Crippen LogP contribution in [0.1, 0.15) is 99.9 Å². The molecule has 2 amide bonds. The van der Waals surface area contributed by atoms with E-state index in [2.05, 4.69) is 67.7 Å². The number of carbonyl (C=O) groups excluding carboxylic acids is 4. The number of nitro groups is 2. The van der Waals surface area contributed by atoms with Gasteiger partial charge in [-0.25, -0.2) is 9.59 Å². The summed E-state index contributed by atoms with van der Waals surface area (Å²) in [5.41, 5.74) is -0.883. The van der Waals surface area contributed by atoms with Crippen molar-refractivity contribution in [2.24, 2.45) is 0 Å². The third kappa shape index (κ3) is 13.9. The molecule has 2 saturated heterocycles. The third-order valence-corrected chi connectivity index (χ3v) is 23.3. The van der Waals surface area contributed by atoms with Crippen molar-refractivity contribution in [2.45, 2.75) is 141 Å². The third-order valence-electron chi connectivity index (χ3n) is 14.3. The molecule has 2 fully saturated rings. The van der Waals surface area contributed by atoms with E-state index in [1.54, 1.807) is 0 Å². The number of nitro benzene ring substituents is 2. The summed E-state index contributed by atoms with van der Waals surface area (Å²) < 4.78 is 47.0. The first-order valence-electron chi connectivity index (χ1n) is 24.4. The number of rotatable bonds is 22. The Morgan fingerprint density at radius 3 is 1.38 bits per heavy atom. The number of unbranched alkanes of at least 4 members (excludes halogenated alkanes) is 2. The van der Waals surface area contributed by atoms with Gasteiger partial charge in [0.1, 0.15) is 29.8 Å². The average Bonchev–Trinajstić information content (AvgIpc) is 3.95. The van der Waals surface area contributed by atoms with E-state index >= 15 is 0 Å². The zero-order valence-corrected chi connectivity index (χ0v) is 46.4. The second kappa shape index (κ2) is 23.8. The first-order valence-corrected chi connectivity index (χ1v) is 30.2. The van der Waals surface area contributed by atoms with E-state index in [0.717, 1.165) is 17.7 Å². The van der Waals surface area contributed by atoms with Crippen LogP contribution in [-0.2, 0) is 34.5 Å². The number of hydrogen-bond acceptors (Lipinski definition) is 16. The van der Waals surface area contributed by atoms with Crippen molar-refractivity contribution in [3.8, 4) is 23.0 Å². The summed E-state index contributed by atoms with van der Waals surface area (Å²) in [5, 5.41) is 24.8. The van der Waals surface area contributed by atoms with Crippen LogP contribution in [0.5, 0.6) is 23.0 Å². The predicted molar refractivity (Wildman–Crippen MR) is 275 cm³/mol. The normalized spacial score (nSPS) is 18.3. The molecular formula is C51H72N4O16Si2. The number of carbonyl (C=O) groups is 4. The fourth-order valence-corrected chi connectivity index (χ4v) is 10.9. The number of esters is 2.